The fourth-order valence-electron chi connectivity index (χ4n) is 2.55. The number of unbranched alkanes of at least 4 members (excludes halogenated alkanes) is 7. The highest BCUT2D eigenvalue weighted by molar-refractivity contribution is 5.63. The molecule has 0 aliphatic heterocycles. The van der Waals surface area contributed by atoms with Gasteiger partial charge in [0, 0.05) is 0 Å². The third-order valence-corrected chi connectivity index (χ3v) is 3.98. The normalized spacial score (nSPS) is 10.8. The van der Waals surface area contributed by atoms with Gasteiger partial charge in [0.05, 0.1) is 6.61 Å². The van der Waals surface area contributed by atoms with Gasteiger partial charge in [0.15, 0.2) is 0 Å². The van der Waals surface area contributed by atoms with Crippen LogP contribution in [0.2, 0.25) is 0 Å². The molecule has 1 aromatic carbocycles. The van der Waals surface area contributed by atoms with Crippen LogP contribution in [0.25, 0.3) is 0 Å². The molecule has 0 bridgehead atoms. The number of rotatable bonds is 12. The van der Waals surface area contributed by atoms with Crippen LogP contribution in [0.15, 0.2) is 24.3 Å². The first-order chi connectivity index (χ1) is 11.6. The summed E-state index contributed by atoms with van der Waals surface area (Å²) in [6.07, 6.45) is 11.2. The highest BCUT2D eigenvalue weighted by atomic mass is 16.7. The number of carbonyl (C=O) groups is 1. The lowest BCUT2D eigenvalue weighted by Gasteiger charge is -2.08. The zero-order valence-electron chi connectivity index (χ0n) is 15.7. The van der Waals surface area contributed by atoms with Crippen molar-refractivity contribution in [3.8, 4) is 5.75 Å². The number of hydrogen-bond acceptors (Lipinski definition) is 3. The molecule has 0 amide bonds. The van der Waals surface area contributed by atoms with E-state index in [1.54, 1.807) is 0 Å². The molecule has 0 fully saturated rings. The Hall–Kier alpha value is -1.51. The summed E-state index contributed by atoms with van der Waals surface area (Å²) in [6, 6.07) is 7.76. The number of carbonyl (C=O) groups excluding carboxylic acids is 1. The van der Waals surface area contributed by atoms with Crippen molar-refractivity contribution < 1.29 is 14.3 Å². The van der Waals surface area contributed by atoms with Crippen molar-refractivity contribution in [1.29, 1.82) is 0 Å². The van der Waals surface area contributed by atoms with E-state index >= 15 is 0 Å². The molecule has 0 spiro atoms. The first-order valence-electron chi connectivity index (χ1n) is 9.55. The number of benzene rings is 1. The van der Waals surface area contributed by atoms with Gasteiger partial charge in [0.25, 0.3) is 0 Å². The zero-order valence-corrected chi connectivity index (χ0v) is 15.7. The minimum Gasteiger partial charge on any atom is -0.434 e. The molecule has 0 aliphatic rings. The lowest BCUT2D eigenvalue weighted by atomic mass is 10.0. The van der Waals surface area contributed by atoms with Crippen LogP contribution in [0.5, 0.6) is 5.75 Å². The highest BCUT2D eigenvalue weighted by Crippen LogP contribution is 2.16. The van der Waals surface area contributed by atoms with E-state index in [1.807, 2.05) is 38.1 Å². The monoisotopic (exact) mass is 334 g/mol. The maximum Gasteiger partial charge on any atom is 0.513 e. The van der Waals surface area contributed by atoms with Gasteiger partial charge in [-0.2, -0.15) is 0 Å². The largest absolute Gasteiger partial charge is 0.513 e. The van der Waals surface area contributed by atoms with Gasteiger partial charge < -0.3 is 9.47 Å². The molecule has 0 radical (unpaired) electrons. The Morgan fingerprint density at radius 3 is 2.08 bits per heavy atom. The smallest absolute Gasteiger partial charge is 0.434 e. The number of aryl methyl sites for hydroxylation is 1. The quantitative estimate of drug-likeness (QED) is 0.247. The van der Waals surface area contributed by atoms with E-state index in [1.165, 1.54) is 56.9 Å². The zero-order chi connectivity index (χ0) is 17.6. The molecule has 1 rings (SSSR count). The minimum absolute atomic E-state index is 0.312. The Kier molecular flexibility index (Phi) is 11.0. The second-order valence-corrected chi connectivity index (χ2v) is 6.93. The lowest BCUT2D eigenvalue weighted by molar-refractivity contribution is 0.0885. The Labute approximate surface area is 147 Å². The molecule has 0 saturated heterocycles. The van der Waals surface area contributed by atoms with E-state index in [9.17, 15) is 4.79 Å². The van der Waals surface area contributed by atoms with E-state index in [4.69, 9.17) is 9.47 Å². The molecule has 24 heavy (non-hydrogen) atoms. The average molecular weight is 335 g/mol. The lowest BCUT2D eigenvalue weighted by Crippen LogP contribution is -2.14. The van der Waals surface area contributed by atoms with Crippen molar-refractivity contribution in [2.45, 2.75) is 78.6 Å². The van der Waals surface area contributed by atoms with Crippen LogP contribution in [0.4, 0.5) is 4.79 Å². The first-order valence-corrected chi connectivity index (χ1v) is 9.55. The number of ether oxygens (including phenoxy) is 2. The maximum absolute atomic E-state index is 11.5. The van der Waals surface area contributed by atoms with Crippen LogP contribution >= 0.6 is 0 Å². The summed E-state index contributed by atoms with van der Waals surface area (Å²) in [5.74, 6) is 0.856. The van der Waals surface area contributed by atoms with Crippen molar-refractivity contribution in [3.63, 3.8) is 0 Å². The minimum atomic E-state index is -0.625. The topological polar surface area (TPSA) is 35.5 Å². The SMILES string of the molecule is CCCCCCCCCCc1ccc(OC(=O)OCC(C)C)cc1. The van der Waals surface area contributed by atoms with E-state index in [-0.39, 0.29) is 0 Å². The molecule has 0 saturated carbocycles. The van der Waals surface area contributed by atoms with Crippen LogP contribution in [0.3, 0.4) is 0 Å². The molecule has 0 atom stereocenters. The Balaban J connectivity index is 2.14. The molecule has 3 nitrogen and oxygen atoms in total. The molecule has 0 unspecified atom stereocenters. The Morgan fingerprint density at radius 2 is 1.50 bits per heavy atom. The molecular formula is C21H34O3. The van der Waals surface area contributed by atoms with Crippen molar-refractivity contribution in [2.75, 3.05) is 6.61 Å². The summed E-state index contributed by atoms with van der Waals surface area (Å²) < 4.78 is 10.2. The fourth-order valence-corrected chi connectivity index (χ4v) is 2.55. The summed E-state index contributed by atoms with van der Waals surface area (Å²) in [5, 5.41) is 0. The van der Waals surface area contributed by atoms with Crippen LogP contribution < -0.4 is 4.74 Å². The van der Waals surface area contributed by atoms with Gasteiger partial charge in [-0.1, -0.05) is 77.8 Å². The fraction of sp³-hybridized carbons (Fsp3) is 0.667. The van der Waals surface area contributed by atoms with Crippen molar-refractivity contribution in [2.24, 2.45) is 5.92 Å². The maximum atomic E-state index is 11.5. The molecular weight excluding hydrogens is 300 g/mol. The van der Waals surface area contributed by atoms with Crippen LogP contribution in [-0.4, -0.2) is 12.8 Å². The van der Waals surface area contributed by atoms with E-state index in [0.717, 1.165) is 6.42 Å². The third kappa shape index (κ3) is 10.3. The van der Waals surface area contributed by atoms with Crippen molar-refractivity contribution in [3.05, 3.63) is 29.8 Å². The van der Waals surface area contributed by atoms with Crippen LogP contribution in [0.1, 0.15) is 77.7 Å². The van der Waals surface area contributed by atoms with Gasteiger partial charge in [0.2, 0.25) is 0 Å². The van der Waals surface area contributed by atoms with Crippen LogP contribution in [0, 0.1) is 5.92 Å². The van der Waals surface area contributed by atoms with Crippen molar-refractivity contribution in [1.82, 2.24) is 0 Å². The molecule has 0 N–H and O–H groups in total. The van der Waals surface area contributed by atoms with Crippen LogP contribution in [-0.2, 0) is 11.2 Å². The van der Waals surface area contributed by atoms with Gasteiger partial charge in [-0.3, -0.25) is 0 Å². The molecule has 0 aliphatic carbocycles. The standard InChI is InChI=1S/C21H34O3/c1-4-5-6-7-8-9-10-11-12-19-13-15-20(16-14-19)24-21(22)23-17-18(2)3/h13-16,18H,4-12,17H2,1-3H3. The highest BCUT2D eigenvalue weighted by Gasteiger charge is 2.07. The van der Waals surface area contributed by atoms with Gasteiger partial charge in [0.1, 0.15) is 5.75 Å². The third-order valence-electron chi connectivity index (χ3n) is 3.98. The van der Waals surface area contributed by atoms with E-state index < -0.39 is 6.16 Å². The second kappa shape index (κ2) is 12.9. The molecule has 1 aromatic rings. The van der Waals surface area contributed by atoms with E-state index in [0.29, 0.717) is 18.3 Å². The number of hydrogen-bond donors (Lipinski definition) is 0. The summed E-state index contributed by atoms with van der Waals surface area (Å²) >= 11 is 0. The van der Waals surface area contributed by atoms with Gasteiger partial charge >= 0.3 is 6.16 Å². The molecule has 0 heterocycles. The first kappa shape index (κ1) is 20.5. The Morgan fingerprint density at radius 1 is 0.917 bits per heavy atom. The summed E-state index contributed by atoms with van der Waals surface area (Å²) in [5.41, 5.74) is 1.30. The molecule has 3 heteroatoms. The van der Waals surface area contributed by atoms with Gasteiger partial charge in [-0.15, -0.1) is 0 Å². The predicted octanol–water partition coefficient (Wildman–Crippen LogP) is 6.54. The second-order valence-electron chi connectivity index (χ2n) is 6.93. The van der Waals surface area contributed by atoms with E-state index in [2.05, 4.69) is 6.92 Å². The van der Waals surface area contributed by atoms with Crippen molar-refractivity contribution >= 4 is 6.16 Å². The molecule has 136 valence electrons. The average Bonchev–Trinajstić information content (AvgIpc) is 2.57. The summed E-state index contributed by atoms with van der Waals surface area (Å²) in [7, 11) is 0. The Bertz CT molecular complexity index is 437. The molecule has 0 aromatic heterocycles. The summed E-state index contributed by atoms with van der Waals surface area (Å²) in [4.78, 5) is 11.5. The van der Waals surface area contributed by atoms with Gasteiger partial charge in [-0.05, 0) is 36.5 Å². The predicted molar refractivity (Wildman–Crippen MR) is 99.6 cm³/mol. The van der Waals surface area contributed by atoms with Gasteiger partial charge in [-0.25, -0.2) is 4.79 Å². The summed E-state index contributed by atoms with van der Waals surface area (Å²) in [6.45, 7) is 6.63.